The van der Waals surface area contributed by atoms with Gasteiger partial charge in [0.1, 0.15) is 11.0 Å². The lowest BCUT2D eigenvalue weighted by atomic mass is 10.2. The van der Waals surface area contributed by atoms with Crippen molar-refractivity contribution in [2.24, 2.45) is 5.73 Å². The molecule has 1 rings (SSSR count). The summed E-state index contributed by atoms with van der Waals surface area (Å²) in [5, 5.41) is 2.24. The van der Waals surface area contributed by atoms with Crippen molar-refractivity contribution in [3.05, 3.63) is 0 Å². The first-order chi connectivity index (χ1) is 6.57. The van der Waals surface area contributed by atoms with Crippen molar-refractivity contribution in [1.29, 1.82) is 0 Å². The zero-order valence-corrected chi connectivity index (χ0v) is 9.58. The van der Waals surface area contributed by atoms with E-state index in [1.165, 1.54) is 4.90 Å². The summed E-state index contributed by atoms with van der Waals surface area (Å²) in [6.07, 6.45) is 1.30. The molecule has 1 aliphatic rings. The molecule has 2 atom stereocenters. The van der Waals surface area contributed by atoms with Crippen molar-refractivity contribution >= 4 is 27.9 Å². The van der Waals surface area contributed by atoms with Gasteiger partial charge in [0.2, 0.25) is 5.91 Å². The fourth-order valence-corrected chi connectivity index (χ4v) is 1.67. The lowest BCUT2D eigenvalue weighted by Gasteiger charge is -2.35. The van der Waals surface area contributed by atoms with Crippen LogP contribution in [0.1, 0.15) is 19.8 Å². The highest BCUT2D eigenvalue weighted by Crippen LogP contribution is 2.14. The van der Waals surface area contributed by atoms with E-state index in [1.807, 2.05) is 6.92 Å². The third-order valence-corrected chi connectivity index (χ3v) is 3.11. The molecule has 1 aliphatic heterocycles. The minimum atomic E-state index is -0.567. The second-order valence-corrected chi connectivity index (χ2v) is 4.22. The topological polar surface area (TPSA) is 75.4 Å². The van der Waals surface area contributed by atoms with Gasteiger partial charge in [-0.25, -0.2) is 4.79 Å². The van der Waals surface area contributed by atoms with Crippen molar-refractivity contribution < 1.29 is 9.59 Å². The molecule has 0 aromatic rings. The third kappa shape index (κ3) is 2.24. The first-order valence-corrected chi connectivity index (χ1v) is 5.50. The quantitative estimate of drug-likeness (QED) is 0.724. The average Bonchev–Trinajstić information content (AvgIpc) is 2.14. The monoisotopic (exact) mass is 263 g/mol. The Balaban J connectivity index is 2.64. The van der Waals surface area contributed by atoms with E-state index in [9.17, 15) is 9.59 Å². The Morgan fingerprint density at radius 3 is 2.79 bits per heavy atom. The number of hydrogen-bond donors (Lipinski definition) is 2. The van der Waals surface area contributed by atoms with Gasteiger partial charge in [0.15, 0.2) is 0 Å². The first-order valence-electron chi connectivity index (χ1n) is 4.59. The maximum atomic E-state index is 11.4. The molecule has 5 nitrogen and oxygen atoms in total. The van der Waals surface area contributed by atoms with Crippen molar-refractivity contribution in [1.82, 2.24) is 10.2 Å². The molecule has 0 aliphatic carbocycles. The lowest BCUT2D eigenvalue weighted by Crippen LogP contribution is -2.64. The Bertz CT molecular complexity index is 247. The van der Waals surface area contributed by atoms with Gasteiger partial charge < -0.3 is 10.6 Å². The molecule has 0 saturated carbocycles. The van der Waals surface area contributed by atoms with E-state index >= 15 is 0 Å². The van der Waals surface area contributed by atoms with Gasteiger partial charge in [-0.3, -0.25) is 10.1 Å². The van der Waals surface area contributed by atoms with Crippen LogP contribution in [0.15, 0.2) is 0 Å². The summed E-state index contributed by atoms with van der Waals surface area (Å²) >= 11 is 3.15. The Hall–Kier alpha value is -0.620. The van der Waals surface area contributed by atoms with Crippen LogP contribution in [0.2, 0.25) is 0 Å². The Morgan fingerprint density at radius 2 is 2.21 bits per heavy atom. The van der Waals surface area contributed by atoms with Gasteiger partial charge in [-0.05, 0) is 6.42 Å². The van der Waals surface area contributed by atoms with Crippen LogP contribution in [-0.2, 0) is 4.79 Å². The van der Waals surface area contributed by atoms with E-state index in [0.29, 0.717) is 6.54 Å². The molecule has 3 N–H and O–H groups in total. The second-order valence-electron chi connectivity index (χ2n) is 3.23. The number of nitrogens with zero attached hydrogens (tertiary/aromatic N) is 1. The molecule has 0 aromatic heterocycles. The predicted molar refractivity (Wildman–Crippen MR) is 55.8 cm³/mol. The number of unbranched alkanes of at least 4 members (excludes halogenated alkanes) is 1. The predicted octanol–water partition coefficient (Wildman–Crippen LogP) is 0.387. The zero-order chi connectivity index (χ0) is 10.7. The van der Waals surface area contributed by atoms with E-state index in [4.69, 9.17) is 5.73 Å². The molecular formula is C8H14BrN3O2. The van der Waals surface area contributed by atoms with Crippen LogP contribution < -0.4 is 11.1 Å². The van der Waals surface area contributed by atoms with Gasteiger partial charge in [0, 0.05) is 6.54 Å². The first kappa shape index (κ1) is 11.5. The molecular weight excluding hydrogens is 250 g/mol. The molecule has 6 heteroatoms. The summed E-state index contributed by atoms with van der Waals surface area (Å²) in [4.78, 5) is 23.5. The van der Waals surface area contributed by atoms with Crippen molar-refractivity contribution in [2.45, 2.75) is 30.8 Å². The minimum Gasteiger partial charge on any atom is -0.310 e. The van der Waals surface area contributed by atoms with E-state index < -0.39 is 17.0 Å². The second kappa shape index (κ2) is 4.75. The van der Waals surface area contributed by atoms with E-state index in [-0.39, 0.29) is 5.91 Å². The van der Waals surface area contributed by atoms with E-state index in [1.54, 1.807) is 0 Å². The number of hydrogen-bond acceptors (Lipinski definition) is 3. The number of carbonyl (C=O) groups is 2. The van der Waals surface area contributed by atoms with Crippen molar-refractivity contribution in [2.75, 3.05) is 6.54 Å². The number of halogens is 1. The van der Waals surface area contributed by atoms with Gasteiger partial charge in [0.25, 0.3) is 0 Å². The maximum Gasteiger partial charge on any atom is 0.325 e. The van der Waals surface area contributed by atoms with Crippen LogP contribution in [-0.4, -0.2) is 34.4 Å². The maximum absolute atomic E-state index is 11.4. The number of rotatable bonds is 3. The van der Waals surface area contributed by atoms with Gasteiger partial charge in [-0.2, -0.15) is 0 Å². The molecule has 0 radical (unpaired) electrons. The fourth-order valence-electron chi connectivity index (χ4n) is 1.27. The third-order valence-electron chi connectivity index (χ3n) is 2.15. The largest absolute Gasteiger partial charge is 0.325 e. The summed E-state index contributed by atoms with van der Waals surface area (Å²) in [6, 6.07) is -0.397. The van der Waals surface area contributed by atoms with E-state index in [2.05, 4.69) is 21.2 Å². The zero-order valence-electron chi connectivity index (χ0n) is 8.00. The van der Waals surface area contributed by atoms with Crippen LogP contribution in [0.25, 0.3) is 0 Å². The standard InChI is InChI=1S/C8H14BrN3O2/c1-2-3-4-12-6(10)5(9)7(13)11-8(12)14/h5-6H,2-4,10H2,1H3,(H,11,13,14). The smallest absolute Gasteiger partial charge is 0.310 e. The Labute approximate surface area is 91.1 Å². The van der Waals surface area contributed by atoms with Crippen molar-refractivity contribution in [3.63, 3.8) is 0 Å². The number of carbonyl (C=O) groups excluding carboxylic acids is 2. The Morgan fingerprint density at radius 1 is 1.57 bits per heavy atom. The number of nitrogens with two attached hydrogens (primary N) is 1. The van der Waals surface area contributed by atoms with Crippen LogP contribution in [0.3, 0.4) is 0 Å². The lowest BCUT2D eigenvalue weighted by molar-refractivity contribution is -0.121. The van der Waals surface area contributed by atoms with Gasteiger partial charge >= 0.3 is 6.03 Å². The highest BCUT2D eigenvalue weighted by molar-refractivity contribution is 9.10. The minimum absolute atomic E-state index is 0.366. The molecule has 3 amide bonds. The van der Waals surface area contributed by atoms with Crippen LogP contribution in [0, 0.1) is 0 Å². The summed E-state index contributed by atoms with van der Waals surface area (Å²) in [7, 11) is 0. The molecule has 80 valence electrons. The molecule has 0 bridgehead atoms. The average molecular weight is 264 g/mol. The number of imide groups is 1. The summed E-state index contributed by atoms with van der Waals surface area (Å²) in [5.74, 6) is -0.366. The molecule has 1 heterocycles. The molecule has 1 fully saturated rings. The summed E-state index contributed by atoms with van der Waals surface area (Å²) in [6.45, 7) is 2.61. The number of amides is 3. The SMILES string of the molecule is CCCCN1C(=O)NC(=O)C(Br)C1N. The molecule has 14 heavy (non-hydrogen) atoms. The van der Waals surface area contributed by atoms with Gasteiger partial charge in [-0.15, -0.1) is 0 Å². The van der Waals surface area contributed by atoms with Crippen LogP contribution in [0.5, 0.6) is 0 Å². The Kier molecular flexibility index (Phi) is 3.88. The summed E-state index contributed by atoms with van der Waals surface area (Å²) in [5.41, 5.74) is 5.74. The summed E-state index contributed by atoms with van der Waals surface area (Å²) < 4.78 is 0. The highest BCUT2D eigenvalue weighted by Gasteiger charge is 2.36. The molecule has 0 aromatic carbocycles. The van der Waals surface area contributed by atoms with Crippen LogP contribution >= 0.6 is 15.9 Å². The number of nitrogens with one attached hydrogen (secondary N) is 1. The fraction of sp³-hybridized carbons (Fsp3) is 0.750. The normalized spacial score (nSPS) is 27.8. The van der Waals surface area contributed by atoms with Crippen LogP contribution in [0.4, 0.5) is 4.79 Å². The van der Waals surface area contributed by atoms with Gasteiger partial charge in [-0.1, -0.05) is 29.3 Å². The molecule has 0 spiro atoms. The van der Waals surface area contributed by atoms with E-state index in [0.717, 1.165) is 12.8 Å². The highest BCUT2D eigenvalue weighted by atomic mass is 79.9. The molecule has 2 unspecified atom stereocenters. The van der Waals surface area contributed by atoms with Crippen molar-refractivity contribution in [3.8, 4) is 0 Å². The number of alkyl halides is 1. The number of urea groups is 1. The molecule has 1 saturated heterocycles. The van der Waals surface area contributed by atoms with Gasteiger partial charge in [0.05, 0.1) is 0 Å².